The Kier molecular flexibility index (Phi) is 0.893. The third kappa shape index (κ3) is 0.462. The van der Waals surface area contributed by atoms with Crippen LogP contribution in [0.15, 0.2) is 0 Å². The average molecular weight is 151 g/mol. The molecule has 4 saturated carbocycles. The van der Waals surface area contributed by atoms with E-state index in [1.165, 1.54) is 12.5 Å². The van der Waals surface area contributed by atoms with Gasteiger partial charge in [0.1, 0.15) is 0 Å². The number of hydrogen-bond acceptors (Lipinski definition) is 1. The molecule has 4 unspecified atom stereocenters. The monoisotopic (exact) mass is 151 g/mol. The molecule has 1 nitrogen and oxygen atoms in total. The van der Waals surface area contributed by atoms with Gasteiger partial charge in [0.2, 0.25) is 0 Å². The van der Waals surface area contributed by atoms with Crippen LogP contribution in [0.1, 0.15) is 26.7 Å². The third-order valence-electron chi connectivity index (χ3n) is 4.71. The fourth-order valence-electron chi connectivity index (χ4n) is 4.14. The van der Waals surface area contributed by atoms with Crippen LogP contribution in [-0.2, 0) is 0 Å². The first-order valence-electron chi connectivity index (χ1n) is 4.95. The molecule has 0 amide bonds. The maximum atomic E-state index is 3.49. The highest BCUT2D eigenvalue weighted by atomic mass is 15.0. The van der Waals surface area contributed by atoms with E-state index in [-0.39, 0.29) is 0 Å². The Labute approximate surface area is 68.6 Å². The molecule has 11 heavy (non-hydrogen) atoms. The van der Waals surface area contributed by atoms with Crippen molar-refractivity contribution in [2.24, 2.45) is 22.7 Å². The lowest BCUT2D eigenvalue weighted by Gasteiger charge is -2.67. The van der Waals surface area contributed by atoms with Crippen molar-refractivity contribution in [3.8, 4) is 0 Å². The SMILES string of the molecule is CCNCC1C2(C)CC13CC23. The molecule has 0 aliphatic heterocycles. The molecule has 1 heteroatoms. The Hall–Kier alpha value is -0.0400. The van der Waals surface area contributed by atoms with Gasteiger partial charge in [0.15, 0.2) is 0 Å². The summed E-state index contributed by atoms with van der Waals surface area (Å²) in [6.07, 6.45) is 3.13. The van der Waals surface area contributed by atoms with Crippen molar-refractivity contribution in [3.63, 3.8) is 0 Å². The molecule has 4 rings (SSSR count). The van der Waals surface area contributed by atoms with E-state index in [1.807, 2.05) is 0 Å². The summed E-state index contributed by atoms with van der Waals surface area (Å²) in [7, 11) is 0. The van der Waals surface area contributed by atoms with Gasteiger partial charge in [0.25, 0.3) is 0 Å². The van der Waals surface area contributed by atoms with E-state index < -0.39 is 0 Å². The van der Waals surface area contributed by atoms with Gasteiger partial charge >= 0.3 is 0 Å². The van der Waals surface area contributed by atoms with Gasteiger partial charge in [-0.15, -0.1) is 0 Å². The minimum absolute atomic E-state index is 0.794. The van der Waals surface area contributed by atoms with Gasteiger partial charge in [-0.1, -0.05) is 13.8 Å². The predicted molar refractivity (Wildman–Crippen MR) is 45.3 cm³/mol. The summed E-state index contributed by atoms with van der Waals surface area (Å²) in [5.41, 5.74) is 1.69. The van der Waals surface area contributed by atoms with E-state index in [1.54, 1.807) is 12.8 Å². The van der Waals surface area contributed by atoms with Crippen LogP contribution in [0.4, 0.5) is 0 Å². The molecule has 0 heterocycles. The first-order chi connectivity index (χ1) is 5.24. The molecule has 4 fully saturated rings. The minimum Gasteiger partial charge on any atom is -0.317 e. The zero-order valence-electron chi connectivity index (χ0n) is 7.48. The molecule has 4 aliphatic carbocycles. The fraction of sp³-hybridized carbons (Fsp3) is 1.00. The molecular formula is C10H17N. The van der Waals surface area contributed by atoms with E-state index >= 15 is 0 Å². The number of nitrogens with one attached hydrogen (secondary N) is 1. The van der Waals surface area contributed by atoms with Crippen LogP contribution in [0.5, 0.6) is 0 Å². The lowest BCUT2D eigenvalue weighted by molar-refractivity contribution is -0.185. The zero-order valence-corrected chi connectivity index (χ0v) is 7.48. The molecular weight excluding hydrogens is 134 g/mol. The fourth-order valence-corrected chi connectivity index (χ4v) is 4.14. The van der Waals surface area contributed by atoms with E-state index in [9.17, 15) is 0 Å². The molecule has 1 N–H and O–H groups in total. The lowest BCUT2D eigenvalue weighted by atomic mass is 9.38. The summed E-state index contributed by atoms with van der Waals surface area (Å²) in [4.78, 5) is 0. The number of hydrogen-bond donors (Lipinski definition) is 1. The van der Waals surface area contributed by atoms with Gasteiger partial charge in [-0.2, -0.15) is 0 Å². The molecule has 0 saturated heterocycles. The van der Waals surface area contributed by atoms with Crippen LogP contribution in [0.25, 0.3) is 0 Å². The van der Waals surface area contributed by atoms with Crippen molar-refractivity contribution in [1.29, 1.82) is 0 Å². The summed E-state index contributed by atoms with van der Waals surface area (Å²) in [6, 6.07) is 0. The van der Waals surface area contributed by atoms with Crippen molar-refractivity contribution < 1.29 is 0 Å². The van der Waals surface area contributed by atoms with Gasteiger partial charge < -0.3 is 5.32 Å². The smallest absolute Gasteiger partial charge is 0.000988 e. The predicted octanol–water partition coefficient (Wildman–Crippen LogP) is 1.64. The van der Waals surface area contributed by atoms with E-state index in [4.69, 9.17) is 0 Å². The van der Waals surface area contributed by atoms with Crippen LogP contribution in [0.3, 0.4) is 0 Å². The maximum Gasteiger partial charge on any atom is -0.000988 e. The van der Waals surface area contributed by atoms with Crippen LogP contribution >= 0.6 is 0 Å². The first kappa shape index (κ1) is 6.47. The van der Waals surface area contributed by atoms with Crippen LogP contribution in [-0.4, -0.2) is 13.1 Å². The zero-order chi connectivity index (χ0) is 7.69. The normalized spacial score (nSPS) is 62.7. The van der Waals surface area contributed by atoms with Gasteiger partial charge in [0, 0.05) is 0 Å². The molecule has 0 aromatic rings. The summed E-state index contributed by atoms with van der Waals surface area (Å²) in [6.45, 7) is 7.14. The third-order valence-corrected chi connectivity index (χ3v) is 4.71. The van der Waals surface area contributed by atoms with E-state index in [2.05, 4.69) is 19.2 Å². The van der Waals surface area contributed by atoms with Crippen LogP contribution in [0, 0.1) is 22.7 Å². The quantitative estimate of drug-likeness (QED) is 0.646. The summed E-state index contributed by atoms with van der Waals surface area (Å²) in [5.74, 6) is 2.22. The van der Waals surface area contributed by atoms with Crippen LogP contribution in [0.2, 0.25) is 0 Å². The highest BCUT2D eigenvalue weighted by Gasteiger charge is 2.88. The van der Waals surface area contributed by atoms with Crippen molar-refractivity contribution in [2.45, 2.75) is 26.7 Å². The summed E-state index contributed by atoms with van der Waals surface area (Å²) < 4.78 is 0. The first-order valence-corrected chi connectivity index (χ1v) is 4.95. The maximum absolute atomic E-state index is 3.49. The van der Waals surface area contributed by atoms with Gasteiger partial charge in [-0.25, -0.2) is 0 Å². The van der Waals surface area contributed by atoms with Crippen molar-refractivity contribution >= 4 is 0 Å². The standard InChI is InChI=1S/C10H17N/c1-3-11-5-8-9(2)6-10(8)4-7(9)10/h7-8,11H,3-6H2,1-2H3. The highest BCUT2D eigenvalue weighted by Crippen LogP contribution is 2.94. The average Bonchev–Trinajstić information content (AvgIpc) is 2.56. The lowest BCUT2D eigenvalue weighted by Crippen LogP contribution is -2.64. The van der Waals surface area contributed by atoms with Gasteiger partial charge in [-0.05, 0) is 48.6 Å². The Morgan fingerprint density at radius 1 is 1.55 bits per heavy atom. The second kappa shape index (κ2) is 1.52. The second-order valence-corrected chi connectivity index (χ2v) is 5.03. The molecule has 0 aromatic carbocycles. The van der Waals surface area contributed by atoms with Gasteiger partial charge in [-0.3, -0.25) is 0 Å². The van der Waals surface area contributed by atoms with E-state index in [0.717, 1.165) is 23.3 Å². The Balaban J connectivity index is 1.66. The minimum atomic E-state index is 0.794. The molecule has 62 valence electrons. The van der Waals surface area contributed by atoms with Crippen molar-refractivity contribution in [2.75, 3.05) is 13.1 Å². The number of rotatable bonds is 3. The Bertz CT molecular complexity index is 213. The summed E-state index contributed by atoms with van der Waals surface area (Å²) >= 11 is 0. The Morgan fingerprint density at radius 2 is 2.36 bits per heavy atom. The molecule has 0 radical (unpaired) electrons. The van der Waals surface area contributed by atoms with Crippen molar-refractivity contribution in [1.82, 2.24) is 5.32 Å². The van der Waals surface area contributed by atoms with Crippen LogP contribution < -0.4 is 5.32 Å². The van der Waals surface area contributed by atoms with E-state index in [0.29, 0.717) is 0 Å². The highest BCUT2D eigenvalue weighted by molar-refractivity contribution is 5.37. The topological polar surface area (TPSA) is 12.0 Å². The Morgan fingerprint density at radius 3 is 2.82 bits per heavy atom. The molecule has 4 atom stereocenters. The summed E-state index contributed by atoms with van der Waals surface area (Å²) in [5, 5.41) is 3.49. The second-order valence-electron chi connectivity index (χ2n) is 5.03. The van der Waals surface area contributed by atoms with Gasteiger partial charge in [0.05, 0.1) is 0 Å². The largest absolute Gasteiger partial charge is 0.317 e. The molecule has 2 bridgehead atoms. The molecule has 4 aliphatic rings. The molecule has 0 aromatic heterocycles. The van der Waals surface area contributed by atoms with Crippen molar-refractivity contribution in [3.05, 3.63) is 0 Å². The molecule has 1 spiro atoms.